The minimum Gasteiger partial charge on any atom is -0.454 e. The second-order valence-electron chi connectivity index (χ2n) is 8.33. The molecule has 0 amide bonds. The van der Waals surface area contributed by atoms with Crippen molar-refractivity contribution in [3.8, 4) is 22.9 Å². The highest BCUT2D eigenvalue weighted by molar-refractivity contribution is 7.98. The number of hydrogen-bond acceptors (Lipinski definition) is 9. The quantitative estimate of drug-likeness (QED) is 0.301. The molecule has 174 valence electrons. The van der Waals surface area contributed by atoms with Crippen LogP contribution in [0.25, 0.3) is 22.3 Å². The molecular weight excluding hydrogens is 456 g/mol. The largest absolute Gasteiger partial charge is 0.454 e. The van der Waals surface area contributed by atoms with Gasteiger partial charge in [0.25, 0.3) is 5.56 Å². The Morgan fingerprint density at radius 1 is 1.12 bits per heavy atom. The van der Waals surface area contributed by atoms with Gasteiger partial charge in [0.1, 0.15) is 0 Å². The lowest BCUT2D eigenvalue weighted by Gasteiger charge is -2.16. The molecule has 0 N–H and O–H groups in total. The Labute approximate surface area is 199 Å². The van der Waals surface area contributed by atoms with E-state index >= 15 is 0 Å². The molecule has 2 aliphatic rings. The second-order valence-corrected chi connectivity index (χ2v) is 9.28. The number of fused-ring (bicyclic) bond motifs is 2. The minimum atomic E-state index is -0.132. The van der Waals surface area contributed by atoms with Crippen LogP contribution in [0.15, 0.2) is 50.9 Å². The lowest BCUT2D eigenvalue weighted by molar-refractivity contribution is 0.0937. The molecule has 2 aliphatic heterocycles. The van der Waals surface area contributed by atoms with Crippen LogP contribution in [0, 0.1) is 6.92 Å². The number of thioether (sulfide) groups is 1. The van der Waals surface area contributed by atoms with Gasteiger partial charge in [0.15, 0.2) is 16.7 Å². The topological polar surface area (TPSA) is 102 Å². The van der Waals surface area contributed by atoms with Gasteiger partial charge in [-0.05, 0) is 25.8 Å². The molecule has 10 heteroatoms. The first-order valence-corrected chi connectivity index (χ1v) is 12.1. The van der Waals surface area contributed by atoms with Crippen LogP contribution in [0.1, 0.15) is 24.3 Å². The number of ether oxygens (including phenoxy) is 3. The van der Waals surface area contributed by atoms with E-state index in [1.54, 1.807) is 16.7 Å². The lowest BCUT2D eigenvalue weighted by atomic mass is 10.1. The first kappa shape index (κ1) is 21.2. The Morgan fingerprint density at radius 2 is 1.94 bits per heavy atom. The van der Waals surface area contributed by atoms with Gasteiger partial charge < -0.3 is 18.7 Å². The Morgan fingerprint density at radius 3 is 2.74 bits per heavy atom. The van der Waals surface area contributed by atoms with Crippen molar-refractivity contribution in [1.29, 1.82) is 0 Å². The fourth-order valence-corrected chi connectivity index (χ4v) is 4.96. The van der Waals surface area contributed by atoms with Gasteiger partial charge in [-0.2, -0.15) is 4.98 Å². The summed E-state index contributed by atoms with van der Waals surface area (Å²) < 4.78 is 23.9. The van der Waals surface area contributed by atoms with Gasteiger partial charge in [-0.15, -0.1) is 0 Å². The second kappa shape index (κ2) is 8.77. The number of aryl methyl sites for hydroxylation is 1. The van der Waals surface area contributed by atoms with E-state index in [2.05, 4.69) is 10.1 Å². The highest BCUT2D eigenvalue weighted by atomic mass is 32.2. The lowest BCUT2D eigenvalue weighted by Crippen LogP contribution is -2.28. The SMILES string of the molecule is Cc1ccc(-c2noc(CSc3nc4cc5c(cc4c(=O)n3CC3CCCO3)OCO5)n2)cc1. The zero-order chi connectivity index (χ0) is 23.1. The normalized spacial score (nSPS) is 17.0. The average molecular weight is 479 g/mol. The third kappa shape index (κ3) is 4.03. The molecule has 2 aromatic heterocycles. The molecule has 2 aromatic carbocycles. The van der Waals surface area contributed by atoms with E-state index in [1.165, 1.54) is 11.8 Å². The van der Waals surface area contributed by atoms with E-state index in [-0.39, 0.29) is 18.5 Å². The van der Waals surface area contributed by atoms with Gasteiger partial charge in [0.05, 0.1) is 29.3 Å². The first-order valence-electron chi connectivity index (χ1n) is 11.1. The molecule has 4 aromatic rings. The van der Waals surface area contributed by atoms with Crippen molar-refractivity contribution in [1.82, 2.24) is 19.7 Å². The summed E-state index contributed by atoms with van der Waals surface area (Å²) in [5.74, 6) is 2.53. The molecule has 9 nitrogen and oxygen atoms in total. The number of aromatic nitrogens is 4. The predicted molar refractivity (Wildman–Crippen MR) is 125 cm³/mol. The van der Waals surface area contributed by atoms with Crippen LogP contribution in [-0.2, 0) is 17.0 Å². The van der Waals surface area contributed by atoms with Gasteiger partial charge >= 0.3 is 0 Å². The van der Waals surface area contributed by atoms with E-state index in [4.69, 9.17) is 23.7 Å². The van der Waals surface area contributed by atoms with Crippen LogP contribution in [0.5, 0.6) is 11.5 Å². The van der Waals surface area contributed by atoms with Gasteiger partial charge in [0.2, 0.25) is 18.5 Å². The fraction of sp³-hybridized carbons (Fsp3) is 0.333. The van der Waals surface area contributed by atoms with E-state index in [9.17, 15) is 4.79 Å². The molecule has 4 heterocycles. The zero-order valence-corrected chi connectivity index (χ0v) is 19.3. The number of rotatable bonds is 6. The summed E-state index contributed by atoms with van der Waals surface area (Å²) in [6.45, 7) is 3.32. The van der Waals surface area contributed by atoms with Gasteiger partial charge in [-0.25, -0.2) is 4.98 Å². The molecule has 1 unspecified atom stereocenters. The number of hydrogen-bond donors (Lipinski definition) is 0. The molecular formula is C24H22N4O5S. The summed E-state index contributed by atoms with van der Waals surface area (Å²) in [6, 6.07) is 11.4. The summed E-state index contributed by atoms with van der Waals surface area (Å²) >= 11 is 1.38. The Hall–Kier alpha value is -3.37. The summed E-state index contributed by atoms with van der Waals surface area (Å²) in [5.41, 5.74) is 2.48. The Balaban J connectivity index is 1.32. The van der Waals surface area contributed by atoms with Crippen LogP contribution >= 0.6 is 11.8 Å². The van der Waals surface area contributed by atoms with Gasteiger partial charge in [-0.1, -0.05) is 46.7 Å². The van der Waals surface area contributed by atoms with Gasteiger partial charge in [-0.3, -0.25) is 9.36 Å². The molecule has 0 saturated carbocycles. The monoisotopic (exact) mass is 478 g/mol. The van der Waals surface area contributed by atoms with E-state index < -0.39 is 0 Å². The van der Waals surface area contributed by atoms with E-state index in [0.717, 1.165) is 24.0 Å². The first-order chi connectivity index (χ1) is 16.6. The third-order valence-corrected chi connectivity index (χ3v) is 6.89. The molecule has 0 radical (unpaired) electrons. The Bertz CT molecular complexity index is 1410. The molecule has 1 saturated heterocycles. The predicted octanol–water partition coefficient (Wildman–Crippen LogP) is 3.95. The molecule has 6 rings (SSSR count). The molecule has 0 spiro atoms. The van der Waals surface area contributed by atoms with Crippen molar-refractivity contribution in [2.45, 2.75) is 43.3 Å². The summed E-state index contributed by atoms with van der Waals surface area (Å²) in [6.07, 6.45) is 1.90. The van der Waals surface area contributed by atoms with Crippen molar-refractivity contribution in [2.24, 2.45) is 0 Å². The maximum Gasteiger partial charge on any atom is 0.262 e. The number of nitrogens with zero attached hydrogens (tertiary/aromatic N) is 4. The van der Waals surface area contributed by atoms with Crippen molar-refractivity contribution in [2.75, 3.05) is 13.4 Å². The van der Waals surface area contributed by atoms with Gasteiger partial charge in [0, 0.05) is 18.2 Å². The van der Waals surface area contributed by atoms with Crippen LogP contribution in [0.4, 0.5) is 0 Å². The molecule has 0 aliphatic carbocycles. The fourth-order valence-electron chi connectivity index (χ4n) is 4.11. The van der Waals surface area contributed by atoms with E-state index in [1.807, 2.05) is 31.2 Å². The number of benzene rings is 2. The molecule has 1 fully saturated rings. The Kier molecular flexibility index (Phi) is 5.46. The zero-order valence-electron chi connectivity index (χ0n) is 18.5. The smallest absolute Gasteiger partial charge is 0.262 e. The summed E-state index contributed by atoms with van der Waals surface area (Å²) in [5, 5.41) is 5.16. The van der Waals surface area contributed by atoms with Crippen LogP contribution < -0.4 is 15.0 Å². The molecule has 0 bridgehead atoms. The van der Waals surface area contributed by atoms with E-state index in [0.29, 0.717) is 58.2 Å². The minimum absolute atomic E-state index is 0.0122. The summed E-state index contributed by atoms with van der Waals surface area (Å²) in [7, 11) is 0. The van der Waals surface area contributed by atoms with Crippen LogP contribution in [0.3, 0.4) is 0 Å². The van der Waals surface area contributed by atoms with Crippen molar-refractivity contribution >= 4 is 22.7 Å². The van der Waals surface area contributed by atoms with Crippen LogP contribution in [0.2, 0.25) is 0 Å². The summed E-state index contributed by atoms with van der Waals surface area (Å²) in [4.78, 5) is 22.8. The van der Waals surface area contributed by atoms with Crippen molar-refractivity contribution in [3.05, 3.63) is 58.2 Å². The van der Waals surface area contributed by atoms with Crippen molar-refractivity contribution < 1.29 is 18.7 Å². The highest BCUT2D eigenvalue weighted by Crippen LogP contribution is 2.35. The third-order valence-electron chi connectivity index (χ3n) is 5.93. The van der Waals surface area contributed by atoms with Crippen LogP contribution in [-0.4, -0.2) is 39.2 Å². The maximum absolute atomic E-state index is 13.5. The molecule has 34 heavy (non-hydrogen) atoms. The highest BCUT2D eigenvalue weighted by Gasteiger charge is 2.23. The average Bonchev–Trinajstić information content (AvgIpc) is 3.61. The molecule has 1 atom stereocenters. The van der Waals surface area contributed by atoms with Crippen molar-refractivity contribution in [3.63, 3.8) is 0 Å². The standard InChI is InChI=1S/C24H22N4O5S/c1-14-4-6-15(7-5-14)22-26-21(33-27-22)12-34-24-25-18-10-20-19(31-13-32-20)9-17(18)23(29)28(24)11-16-3-2-8-30-16/h4-7,9-10,16H,2-3,8,11-13H2,1H3. The maximum atomic E-state index is 13.5.